The fraction of sp³-hybridized carbons (Fsp3) is 0.458. The van der Waals surface area contributed by atoms with E-state index in [2.05, 4.69) is 0 Å². The number of piperidine rings is 1. The first kappa shape index (κ1) is 26.0. The topological polar surface area (TPSA) is 66.9 Å². The maximum atomic E-state index is 13.0. The van der Waals surface area contributed by atoms with Crippen LogP contribution in [0, 0.1) is 19.8 Å². The van der Waals surface area contributed by atoms with E-state index in [-0.39, 0.29) is 24.9 Å². The van der Waals surface area contributed by atoms with E-state index in [1.807, 2.05) is 32.0 Å². The summed E-state index contributed by atoms with van der Waals surface area (Å²) >= 11 is 0. The van der Waals surface area contributed by atoms with Crippen molar-refractivity contribution in [3.8, 4) is 5.75 Å². The van der Waals surface area contributed by atoms with Gasteiger partial charge in [0, 0.05) is 26.1 Å². The molecule has 0 N–H and O–H groups in total. The number of nitrogens with zero attached hydrogens (tertiary/aromatic N) is 2. The molecule has 3 rings (SSSR count). The highest BCUT2D eigenvalue weighted by Crippen LogP contribution is 2.32. The summed E-state index contributed by atoms with van der Waals surface area (Å²) in [5.41, 5.74) is 1.17. The van der Waals surface area contributed by atoms with Gasteiger partial charge in [0.2, 0.25) is 15.9 Å². The number of hydrogen-bond acceptors (Lipinski definition) is 4. The molecule has 0 aliphatic carbocycles. The molecule has 1 aliphatic heterocycles. The molecule has 0 spiro atoms. The lowest BCUT2D eigenvalue weighted by Gasteiger charge is -2.32. The summed E-state index contributed by atoms with van der Waals surface area (Å²) < 4.78 is 71.5. The van der Waals surface area contributed by atoms with E-state index in [1.54, 1.807) is 11.9 Å². The van der Waals surface area contributed by atoms with Crippen LogP contribution in [-0.4, -0.2) is 56.8 Å². The van der Waals surface area contributed by atoms with Crippen molar-refractivity contribution in [2.45, 2.75) is 37.8 Å². The van der Waals surface area contributed by atoms with Gasteiger partial charge in [0.15, 0.2) is 0 Å². The summed E-state index contributed by atoms with van der Waals surface area (Å²) in [4.78, 5) is 14.0. The van der Waals surface area contributed by atoms with Crippen LogP contribution >= 0.6 is 0 Å². The highest BCUT2D eigenvalue weighted by Gasteiger charge is 2.35. The summed E-state index contributed by atoms with van der Waals surface area (Å²) in [6, 6.07) is 9.62. The first-order chi connectivity index (χ1) is 15.9. The lowest BCUT2D eigenvalue weighted by Crippen LogP contribution is -2.44. The third-order valence-electron chi connectivity index (χ3n) is 5.87. The molecule has 0 radical (unpaired) electrons. The normalized spacial score (nSPS) is 15.8. The molecular formula is C24H29F3N2O4S. The van der Waals surface area contributed by atoms with Crippen molar-refractivity contribution >= 4 is 15.9 Å². The van der Waals surface area contributed by atoms with Crippen LogP contribution in [0.3, 0.4) is 0 Å². The first-order valence-electron chi connectivity index (χ1n) is 11.0. The largest absolute Gasteiger partial charge is 0.492 e. The Morgan fingerprint density at radius 3 is 2.29 bits per heavy atom. The van der Waals surface area contributed by atoms with E-state index in [0.29, 0.717) is 32.1 Å². The zero-order valence-corrected chi connectivity index (χ0v) is 20.2. The quantitative estimate of drug-likeness (QED) is 0.572. The van der Waals surface area contributed by atoms with Crippen LogP contribution in [0.2, 0.25) is 0 Å². The van der Waals surface area contributed by atoms with Crippen LogP contribution in [0.25, 0.3) is 0 Å². The molecule has 2 aromatic carbocycles. The van der Waals surface area contributed by atoms with Gasteiger partial charge in [-0.1, -0.05) is 12.1 Å². The standard InChI is InChI=1S/C24H29F3N2O4S/c1-17-13-18(2)15-21(14-17)33-12-11-28(3)23(30)19-7-9-29(10-8-19)34(31,32)22-6-4-5-20(16-22)24(25,26)27/h4-6,13-16,19H,7-12H2,1-3H3. The Hall–Kier alpha value is -2.59. The predicted octanol–water partition coefficient (Wildman–Crippen LogP) is 4.26. The van der Waals surface area contributed by atoms with Crippen LogP contribution in [0.15, 0.2) is 47.4 Å². The molecule has 0 unspecified atom stereocenters. The van der Waals surface area contributed by atoms with Crippen molar-refractivity contribution in [1.82, 2.24) is 9.21 Å². The van der Waals surface area contributed by atoms with Crippen LogP contribution in [0.5, 0.6) is 5.75 Å². The molecule has 6 nitrogen and oxygen atoms in total. The van der Waals surface area contributed by atoms with E-state index >= 15 is 0 Å². The molecule has 10 heteroatoms. The minimum Gasteiger partial charge on any atom is -0.492 e. The maximum Gasteiger partial charge on any atom is 0.416 e. The predicted molar refractivity (Wildman–Crippen MR) is 122 cm³/mol. The zero-order valence-electron chi connectivity index (χ0n) is 19.4. The first-order valence-corrected chi connectivity index (χ1v) is 12.5. The lowest BCUT2D eigenvalue weighted by atomic mass is 9.97. The van der Waals surface area contributed by atoms with Crippen molar-refractivity contribution in [1.29, 1.82) is 0 Å². The highest BCUT2D eigenvalue weighted by atomic mass is 32.2. The lowest BCUT2D eigenvalue weighted by molar-refractivity contribution is -0.138. The van der Waals surface area contributed by atoms with Gasteiger partial charge in [-0.15, -0.1) is 0 Å². The number of hydrogen-bond donors (Lipinski definition) is 0. The van der Waals surface area contributed by atoms with Crippen molar-refractivity contribution < 1.29 is 31.1 Å². The van der Waals surface area contributed by atoms with Gasteiger partial charge in [0.1, 0.15) is 12.4 Å². The Morgan fingerprint density at radius 2 is 1.71 bits per heavy atom. The monoisotopic (exact) mass is 498 g/mol. The number of aryl methyl sites for hydroxylation is 2. The molecule has 1 fully saturated rings. The summed E-state index contributed by atoms with van der Waals surface area (Å²) in [6.45, 7) is 4.82. The van der Waals surface area contributed by atoms with E-state index < -0.39 is 26.7 Å². The molecule has 0 atom stereocenters. The van der Waals surface area contributed by atoms with Gasteiger partial charge >= 0.3 is 6.18 Å². The SMILES string of the molecule is Cc1cc(C)cc(OCCN(C)C(=O)C2CCN(S(=O)(=O)c3cccc(C(F)(F)F)c3)CC2)c1. The smallest absolute Gasteiger partial charge is 0.416 e. The Morgan fingerprint density at radius 1 is 1.09 bits per heavy atom. The van der Waals surface area contributed by atoms with E-state index in [4.69, 9.17) is 4.74 Å². The summed E-state index contributed by atoms with van der Waals surface area (Å²) in [6.07, 6.45) is -4.02. The second-order valence-corrected chi connectivity index (χ2v) is 10.6. The number of rotatable bonds is 7. The van der Waals surface area contributed by atoms with Crippen molar-refractivity contribution in [3.63, 3.8) is 0 Å². The van der Waals surface area contributed by atoms with Gasteiger partial charge in [-0.25, -0.2) is 8.42 Å². The van der Waals surface area contributed by atoms with Crippen molar-refractivity contribution in [3.05, 3.63) is 59.2 Å². The third-order valence-corrected chi connectivity index (χ3v) is 7.76. The summed E-state index contributed by atoms with van der Waals surface area (Å²) in [5, 5.41) is 0. The number of likely N-dealkylation sites (N-methyl/N-ethyl adjacent to an activating group) is 1. The average Bonchev–Trinajstić information content (AvgIpc) is 2.77. The molecule has 0 bridgehead atoms. The van der Waals surface area contributed by atoms with E-state index in [1.165, 1.54) is 0 Å². The van der Waals surface area contributed by atoms with E-state index in [9.17, 15) is 26.4 Å². The molecule has 1 amide bonds. The average molecular weight is 499 g/mol. The molecule has 1 saturated heterocycles. The number of carbonyl (C=O) groups is 1. The Labute approximate surface area is 198 Å². The molecule has 2 aromatic rings. The molecular weight excluding hydrogens is 469 g/mol. The third kappa shape index (κ3) is 6.29. The Balaban J connectivity index is 1.53. The number of ether oxygens (including phenoxy) is 1. The molecule has 0 saturated carbocycles. The number of halogens is 3. The fourth-order valence-corrected chi connectivity index (χ4v) is 5.58. The molecule has 34 heavy (non-hydrogen) atoms. The van der Waals surface area contributed by atoms with Gasteiger partial charge in [0.05, 0.1) is 17.0 Å². The van der Waals surface area contributed by atoms with Crippen molar-refractivity contribution in [2.24, 2.45) is 5.92 Å². The Kier molecular flexibility index (Phi) is 7.92. The second-order valence-electron chi connectivity index (χ2n) is 8.64. The van der Waals surface area contributed by atoms with Gasteiger partial charge in [-0.2, -0.15) is 17.5 Å². The van der Waals surface area contributed by atoms with Crippen LogP contribution < -0.4 is 4.74 Å². The van der Waals surface area contributed by atoms with Gasteiger partial charge < -0.3 is 9.64 Å². The van der Waals surface area contributed by atoms with Gasteiger partial charge in [-0.3, -0.25) is 4.79 Å². The number of carbonyl (C=O) groups excluding carboxylic acids is 1. The minimum atomic E-state index is -4.63. The van der Waals surface area contributed by atoms with Gasteiger partial charge in [-0.05, 0) is 68.1 Å². The van der Waals surface area contributed by atoms with Crippen LogP contribution in [0.4, 0.5) is 13.2 Å². The zero-order chi connectivity index (χ0) is 25.1. The highest BCUT2D eigenvalue weighted by molar-refractivity contribution is 7.89. The van der Waals surface area contributed by atoms with Crippen LogP contribution in [0.1, 0.15) is 29.5 Å². The number of sulfonamides is 1. The molecule has 0 aromatic heterocycles. The molecule has 1 aliphatic rings. The van der Waals surface area contributed by atoms with Gasteiger partial charge in [0.25, 0.3) is 0 Å². The summed E-state index contributed by atoms with van der Waals surface area (Å²) in [5.74, 6) is 0.297. The number of benzene rings is 2. The van der Waals surface area contributed by atoms with Crippen molar-refractivity contribution in [2.75, 3.05) is 33.3 Å². The van der Waals surface area contributed by atoms with E-state index in [0.717, 1.165) is 39.4 Å². The second kappa shape index (κ2) is 10.4. The van der Waals surface area contributed by atoms with Crippen LogP contribution in [-0.2, 0) is 21.0 Å². The number of alkyl halides is 3. The number of amides is 1. The summed E-state index contributed by atoms with van der Waals surface area (Å²) in [7, 11) is -2.40. The minimum absolute atomic E-state index is 0.0713. The molecule has 186 valence electrons. The maximum absolute atomic E-state index is 13.0. The Bertz CT molecular complexity index is 1110. The fourth-order valence-electron chi connectivity index (χ4n) is 4.06. The molecule has 1 heterocycles.